The predicted molar refractivity (Wildman–Crippen MR) is 108 cm³/mol. The number of benzene rings is 2. The molecule has 0 heterocycles. The van der Waals surface area contributed by atoms with Crippen LogP contribution in [-0.2, 0) is 4.74 Å². The third kappa shape index (κ3) is 4.51. The van der Waals surface area contributed by atoms with Gasteiger partial charge in [0.15, 0.2) is 0 Å². The van der Waals surface area contributed by atoms with Crippen LogP contribution in [0.5, 0.6) is 0 Å². The van der Waals surface area contributed by atoms with Crippen molar-refractivity contribution in [2.45, 2.75) is 33.1 Å². The summed E-state index contributed by atoms with van der Waals surface area (Å²) in [6.45, 7) is 7.78. The number of aliphatic hydroxyl groups is 1. The molecule has 0 unspecified atom stereocenters. The summed E-state index contributed by atoms with van der Waals surface area (Å²) in [4.78, 5) is 14.4. The van der Waals surface area contributed by atoms with E-state index in [0.717, 1.165) is 0 Å². The molecule has 1 aliphatic rings. The van der Waals surface area contributed by atoms with E-state index in [-0.39, 0.29) is 24.0 Å². The molecule has 4 nitrogen and oxygen atoms in total. The Bertz CT molecular complexity index is 749. The molecule has 1 N–H and O–H groups in total. The minimum Gasteiger partial charge on any atom is -0.448 e. The highest BCUT2D eigenvalue weighted by molar-refractivity contribution is 5.79. The van der Waals surface area contributed by atoms with Gasteiger partial charge >= 0.3 is 6.09 Å². The first kappa shape index (κ1) is 19.4. The molecule has 0 aromatic heterocycles. The molecule has 27 heavy (non-hydrogen) atoms. The first-order valence-corrected chi connectivity index (χ1v) is 9.61. The topological polar surface area (TPSA) is 49.8 Å². The second-order valence-electron chi connectivity index (χ2n) is 8.36. The Balaban J connectivity index is 1.74. The van der Waals surface area contributed by atoms with Crippen molar-refractivity contribution in [3.05, 3.63) is 59.7 Å². The molecule has 144 valence electrons. The van der Waals surface area contributed by atoms with Gasteiger partial charge < -0.3 is 14.7 Å². The zero-order chi connectivity index (χ0) is 19.4. The Hall–Kier alpha value is -2.33. The average molecular weight is 367 g/mol. The monoisotopic (exact) mass is 367 g/mol. The van der Waals surface area contributed by atoms with Crippen LogP contribution in [0, 0.1) is 5.41 Å². The molecule has 0 saturated carbocycles. The zero-order valence-corrected chi connectivity index (χ0v) is 16.4. The SMILES string of the molecule is CC(C)(C)CN(CCCO)C(=O)OCC1c2ccccc2-c2ccccc21. The van der Waals surface area contributed by atoms with Gasteiger partial charge in [0.05, 0.1) is 0 Å². The molecule has 0 bridgehead atoms. The van der Waals surface area contributed by atoms with Gasteiger partial charge in [0.1, 0.15) is 6.61 Å². The van der Waals surface area contributed by atoms with Gasteiger partial charge in [-0.05, 0) is 34.1 Å². The molecule has 1 aliphatic carbocycles. The lowest BCUT2D eigenvalue weighted by atomic mass is 9.96. The highest BCUT2D eigenvalue weighted by Gasteiger charge is 2.30. The van der Waals surface area contributed by atoms with Crippen molar-refractivity contribution in [1.82, 2.24) is 4.90 Å². The number of hydrogen-bond acceptors (Lipinski definition) is 3. The Labute approximate surface area is 161 Å². The van der Waals surface area contributed by atoms with Crippen LogP contribution in [0.2, 0.25) is 0 Å². The molecule has 0 saturated heterocycles. The van der Waals surface area contributed by atoms with Gasteiger partial charge in [0, 0.05) is 25.6 Å². The van der Waals surface area contributed by atoms with E-state index in [1.807, 2.05) is 24.3 Å². The number of amides is 1. The largest absolute Gasteiger partial charge is 0.448 e. The summed E-state index contributed by atoms with van der Waals surface area (Å²) in [7, 11) is 0. The standard InChI is InChI=1S/C23H29NO3/c1-23(2,3)16-24(13-8-14-25)22(26)27-15-21-19-11-6-4-9-17(19)18-10-5-7-12-20(18)21/h4-7,9-12,21,25H,8,13-16H2,1-3H3. The van der Waals surface area contributed by atoms with Gasteiger partial charge in [-0.3, -0.25) is 0 Å². The summed E-state index contributed by atoms with van der Waals surface area (Å²) in [6, 6.07) is 16.7. The van der Waals surface area contributed by atoms with Gasteiger partial charge in [-0.1, -0.05) is 69.3 Å². The second-order valence-corrected chi connectivity index (χ2v) is 8.36. The van der Waals surface area contributed by atoms with Crippen LogP contribution < -0.4 is 0 Å². The van der Waals surface area contributed by atoms with Crippen LogP contribution in [0.4, 0.5) is 4.79 Å². The van der Waals surface area contributed by atoms with E-state index < -0.39 is 0 Å². The summed E-state index contributed by atoms with van der Waals surface area (Å²) < 4.78 is 5.75. The number of hydrogen-bond donors (Lipinski definition) is 1. The van der Waals surface area contributed by atoms with Gasteiger partial charge in [-0.2, -0.15) is 0 Å². The highest BCUT2D eigenvalue weighted by atomic mass is 16.6. The van der Waals surface area contributed by atoms with Crippen molar-refractivity contribution in [3.63, 3.8) is 0 Å². The number of aliphatic hydroxyl groups excluding tert-OH is 1. The maximum atomic E-state index is 12.7. The fraction of sp³-hybridized carbons (Fsp3) is 0.435. The molecule has 2 aromatic rings. The number of ether oxygens (including phenoxy) is 1. The zero-order valence-electron chi connectivity index (χ0n) is 16.4. The minimum atomic E-state index is -0.305. The van der Waals surface area contributed by atoms with Crippen LogP contribution in [-0.4, -0.2) is 42.4 Å². The smallest absolute Gasteiger partial charge is 0.409 e. The highest BCUT2D eigenvalue weighted by Crippen LogP contribution is 2.44. The lowest BCUT2D eigenvalue weighted by Gasteiger charge is -2.29. The molecule has 1 amide bonds. The van der Waals surface area contributed by atoms with Crippen LogP contribution in [0.3, 0.4) is 0 Å². The normalized spacial score (nSPS) is 13.2. The van der Waals surface area contributed by atoms with E-state index in [4.69, 9.17) is 9.84 Å². The van der Waals surface area contributed by atoms with E-state index in [1.165, 1.54) is 22.3 Å². The van der Waals surface area contributed by atoms with Crippen LogP contribution in [0.15, 0.2) is 48.5 Å². The molecular weight excluding hydrogens is 338 g/mol. The molecule has 0 aliphatic heterocycles. The summed E-state index contributed by atoms with van der Waals surface area (Å²) in [5.41, 5.74) is 4.84. The number of nitrogens with zero attached hydrogens (tertiary/aromatic N) is 1. The Kier molecular flexibility index (Phi) is 5.85. The van der Waals surface area contributed by atoms with E-state index in [0.29, 0.717) is 26.1 Å². The Morgan fingerprint density at radius 1 is 1.04 bits per heavy atom. The number of carbonyl (C=O) groups excluding carboxylic acids is 1. The second kappa shape index (κ2) is 8.13. The van der Waals surface area contributed by atoms with Crippen LogP contribution in [0.1, 0.15) is 44.2 Å². The molecule has 3 rings (SSSR count). The number of fused-ring (bicyclic) bond motifs is 3. The van der Waals surface area contributed by atoms with Gasteiger partial charge in [-0.25, -0.2) is 4.79 Å². The third-order valence-electron chi connectivity index (χ3n) is 4.85. The Morgan fingerprint density at radius 2 is 1.59 bits per heavy atom. The van der Waals surface area contributed by atoms with Crippen molar-refractivity contribution in [2.75, 3.05) is 26.3 Å². The molecular formula is C23H29NO3. The fourth-order valence-electron chi connectivity index (χ4n) is 3.75. The van der Waals surface area contributed by atoms with Crippen LogP contribution in [0.25, 0.3) is 11.1 Å². The summed E-state index contributed by atoms with van der Waals surface area (Å²) in [6.07, 6.45) is 0.250. The van der Waals surface area contributed by atoms with Gasteiger partial charge in [-0.15, -0.1) is 0 Å². The molecule has 4 heteroatoms. The van der Waals surface area contributed by atoms with Crippen molar-refractivity contribution >= 4 is 6.09 Å². The van der Waals surface area contributed by atoms with Crippen molar-refractivity contribution in [3.8, 4) is 11.1 Å². The summed E-state index contributed by atoms with van der Waals surface area (Å²) in [5, 5.41) is 9.14. The van der Waals surface area contributed by atoms with Gasteiger partial charge in [0.2, 0.25) is 0 Å². The average Bonchev–Trinajstić information content (AvgIpc) is 2.96. The van der Waals surface area contributed by atoms with E-state index in [2.05, 4.69) is 45.0 Å². The lowest BCUT2D eigenvalue weighted by molar-refractivity contribution is 0.0839. The molecule has 2 aromatic carbocycles. The van der Waals surface area contributed by atoms with Gasteiger partial charge in [0.25, 0.3) is 0 Å². The van der Waals surface area contributed by atoms with Crippen LogP contribution >= 0.6 is 0 Å². The van der Waals surface area contributed by atoms with Crippen molar-refractivity contribution in [2.24, 2.45) is 5.41 Å². The predicted octanol–water partition coefficient (Wildman–Crippen LogP) is 4.67. The molecule has 0 spiro atoms. The minimum absolute atomic E-state index is 0.0268. The first-order chi connectivity index (χ1) is 12.9. The summed E-state index contributed by atoms with van der Waals surface area (Å²) >= 11 is 0. The maximum Gasteiger partial charge on any atom is 0.409 e. The lowest BCUT2D eigenvalue weighted by Crippen LogP contribution is -2.39. The quantitative estimate of drug-likeness (QED) is 0.807. The third-order valence-corrected chi connectivity index (χ3v) is 4.85. The molecule has 0 fully saturated rings. The van der Waals surface area contributed by atoms with E-state index in [9.17, 15) is 4.79 Å². The maximum absolute atomic E-state index is 12.7. The Morgan fingerprint density at radius 3 is 2.11 bits per heavy atom. The first-order valence-electron chi connectivity index (χ1n) is 9.61. The van der Waals surface area contributed by atoms with Crippen molar-refractivity contribution in [1.29, 1.82) is 0 Å². The van der Waals surface area contributed by atoms with E-state index in [1.54, 1.807) is 4.90 Å². The fourth-order valence-corrected chi connectivity index (χ4v) is 3.75. The summed E-state index contributed by atoms with van der Waals surface area (Å²) in [5.74, 6) is 0.0654. The van der Waals surface area contributed by atoms with Crippen molar-refractivity contribution < 1.29 is 14.6 Å². The molecule has 0 radical (unpaired) electrons. The number of carbonyl (C=O) groups is 1. The van der Waals surface area contributed by atoms with E-state index >= 15 is 0 Å². The number of rotatable bonds is 6. The molecule has 0 atom stereocenters.